The summed E-state index contributed by atoms with van der Waals surface area (Å²) >= 11 is 20.5. The molecule has 3 amide bonds. The zero-order valence-electron chi connectivity index (χ0n) is 80.9. The van der Waals surface area contributed by atoms with Crippen molar-refractivity contribution in [3.63, 3.8) is 0 Å². The highest BCUT2D eigenvalue weighted by Gasteiger charge is 2.38. The molecule has 0 aliphatic carbocycles. The van der Waals surface area contributed by atoms with Crippen LogP contribution in [-0.4, -0.2) is 236 Å². The van der Waals surface area contributed by atoms with Crippen molar-refractivity contribution in [1.29, 1.82) is 0 Å². The number of nitrogens with one attached hydrogen (secondary N) is 1. The van der Waals surface area contributed by atoms with Crippen LogP contribution in [0.5, 0.6) is 6.01 Å². The summed E-state index contributed by atoms with van der Waals surface area (Å²) in [6.45, 7) is 45.4. The van der Waals surface area contributed by atoms with Crippen LogP contribution in [0.4, 0.5) is 42.5 Å². The maximum absolute atomic E-state index is 15.2. The first-order valence-corrected chi connectivity index (χ1v) is 46.8. The number of rotatable bonds is 24. The van der Waals surface area contributed by atoms with E-state index in [1.807, 2.05) is 157 Å². The van der Waals surface area contributed by atoms with E-state index in [1.54, 1.807) is 94.5 Å². The van der Waals surface area contributed by atoms with Crippen molar-refractivity contribution in [1.82, 2.24) is 93.1 Å². The van der Waals surface area contributed by atoms with Crippen molar-refractivity contribution in [2.75, 3.05) is 132 Å². The van der Waals surface area contributed by atoms with Crippen molar-refractivity contribution in [2.24, 2.45) is 0 Å². The van der Waals surface area contributed by atoms with Gasteiger partial charge in [-0.05, 0) is 143 Å². The number of ether oxygens (including phenoxy) is 1. The van der Waals surface area contributed by atoms with Crippen LogP contribution < -0.4 is 46.7 Å². The molecule has 12 heterocycles. The third-order valence-corrected chi connectivity index (χ3v) is 24.9. The molecule has 1 N–H and O–H groups in total. The number of likely N-dealkylation sites (N-methyl/N-ethyl adjacent to an activating group) is 1. The second kappa shape index (κ2) is 42.6. The first kappa shape index (κ1) is 101. The molecule has 3 atom stereocenters. The molecular formula is C100H116Cl3F3N24O7. The summed E-state index contributed by atoms with van der Waals surface area (Å²) < 4.78 is 55.7. The van der Waals surface area contributed by atoms with Crippen molar-refractivity contribution in [3.8, 4) is 56.8 Å². The Bertz CT molecular complexity index is 6780. The first-order valence-electron chi connectivity index (χ1n) is 45.7. The lowest BCUT2D eigenvalue weighted by Gasteiger charge is -2.40. The zero-order chi connectivity index (χ0) is 99.5. The van der Waals surface area contributed by atoms with E-state index in [9.17, 15) is 28.8 Å². The maximum Gasteiger partial charge on any atom is 0.355 e. The van der Waals surface area contributed by atoms with Gasteiger partial charge in [0.25, 0.3) is 0 Å². The van der Waals surface area contributed by atoms with Crippen LogP contribution in [0.25, 0.3) is 83.9 Å². The van der Waals surface area contributed by atoms with Crippen LogP contribution in [-0.2, 0) is 14.4 Å². The van der Waals surface area contributed by atoms with Gasteiger partial charge in [0.1, 0.15) is 41.5 Å². The Kier molecular flexibility index (Phi) is 31.5. The van der Waals surface area contributed by atoms with E-state index < -0.39 is 34.5 Å². The summed E-state index contributed by atoms with van der Waals surface area (Å²) in [5.74, 6) is -0.488. The number of anilines is 5. The van der Waals surface area contributed by atoms with E-state index in [4.69, 9.17) is 84.4 Å². The molecule has 3 fully saturated rings. The fourth-order valence-electron chi connectivity index (χ4n) is 17.1. The molecule has 137 heavy (non-hydrogen) atoms. The number of aromatic nitrogens is 15. The van der Waals surface area contributed by atoms with E-state index in [1.165, 1.54) is 50.1 Å². The fraction of sp³-hybridized carbons (Fsp3) is 0.400. The number of halogens is 6. The molecule has 0 bridgehead atoms. The summed E-state index contributed by atoms with van der Waals surface area (Å²) in [7, 11) is 9.40. The smallest absolute Gasteiger partial charge is 0.355 e. The molecule has 3 saturated heterocycles. The molecule has 3 aliphatic rings. The van der Waals surface area contributed by atoms with Crippen LogP contribution >= 0.6 is 34.8 Å². The number of nitrogens with zero attached hydrogens (tertiary/aromatic N) is 23. The third kappa shape index (κ3) is 20.9. The Morgan fingerprint density at radius 3 is 0.956 bits per heavy atom. The second-order valence-electron chi connectivity index (χ2n) is 36.4. The minimum Gasteiger partial charge on any atom is -0.462 e. The normalized spacial score (nSPS) is 15.3. The zero-order valence-corrected chi connectivity index (χ0v) is 83.2. The van der Waals surface area contributed by atoms with Gasteiger partial charge in [-0.15, -0.1) is 0 Å². The average Bonchev–Trinajstić information content (AvgIpc) is 0.737. The summed E-state index contributed by atoms with van der Waals surface area (Å²) in [5.41, 5.74) is 5.39. The summed E-state index contributed by atoms with van der Waals surface area (Å²) in [6.07, 6.45) is 3.89. The summed E-state index contributed by atoms with van der Waals surface area (Å²) in [5, 5.41) is 5.15. The largest absolute Gasteiger partial charge is 0.462 e. The quantitative estimate of drug-likeness (QED) is 0.0549. The molecule has 0 radical (unpaired) electrons. The minimum atomic E-state index is -0.600. The number of hydrogen-bond acceptors (Lipinski definition) is 25. The van der Waals surface area contributed by atoms with E-state index in [0.29, 0.717) is 169 Å². The Labute approximate surface area is 809 Å². The van der Waals surface area contributed by atoms with Gasteiger partial charge in [-0.25, -0.2) is 76.1 Å². The summed E-state index contributed by atoms with van der Waals surface area (Å²) in [4.78, 5) is 152. The van der Waals surface area contributed by atoms with E-state index >= 15 is 13.2 Å². The van der Waals surface area contributed by atoms with Gasteiger partial charge in [0.15, 0.2) is 16.9 Å². The molecule has 3 aromatic carbocycles. The Morgan fingerprint density at radius 2 is 0.708 bits per heavy atom. The average molecular weight is 1930 g/mol. The number of fused-ring (bicyclic) bond motifs is 3. The molecule has 0 unspecified atom stereocenters. The van der Waals surface area contributed by atoms with Crippen LogP contribution in [0.2, 0.25) is 15.1 Å². The number of amides is 3. The Morgan fingerprint density at radius 1 is 0.431 bits per heavy atom. The number of pyridine rings is 3. The van der Waals surface area contributed by atoms with E-state index in [-0.39, 0.29) is 143 Å². The van der Waals surface area contributed by atoms with Crippen molar-refractivity contribution in [2.45, 2.75) is 157 Å². The minimum absolute atomic E-state index is 0.0883. The van der Waals surface area contributed by atoms with Gasteiger partial charge in [-0.2, -0.15) is 24.9 Å². The van der Waals surface area contributed by atoms with Crippen LogP contribution in [0, 0.1) is 17.5 Å². The monoisotopic (exact) mass is 1930 g/mol. The van der Waals surface area contributed by atoms with E-state index in [2.05, 4.69) is 40.0 Å². The molecular weight excluding hydrogens is 1810 g/mol. The molecule has 0 spiro atoms. The molecule has 31 nitrogen and oxygen atoms in total. The molecule has 12 aromatic rings. The predicted octanol–water partition coefficient (Wildman–Crippen LogP) is 16.5. The Hall–Kier alpha value is -13.2. The standard InChI is InChI=1S/C35H42ClFN8O3.C33H38ClFN8O2.C32H36ClFN8O2/c1-9-27(46)43-14-15-44(22(6)19-43)32-24-18-25(36)30(23-12-10-11-13-26(23)37)38-33(24)45(35(47)41-32)31-28(20(2)3)39-34(40-29(31)21(4)5)48-17-16-42(7)8;1-9-25(44)41-14-15-42(20(6)17-41)30-22-16-23(34)28(21-12-10-11-13-24(21)35)36-31(22)43(33(45)39-30)29-26(18(2)3)37-32(40(7)8)38-27(29)19(4)5;1-8-24(43)40-13-14-41(19(6)16-40)29-21-15-22(33)27(20-11-9-10-12-23(20)34)36-30(21)42(32(44)39-29)28-25(17(2)3)37-31(35-7)38-26(28)18(4)5/h9-13,18,20-22H,1,14-17,19H2,2-8H3;9-13,16,18-20H,1,14-15,17H2,2-8H3;8-12,15,17-19H,1,13-14,16H2,2-7H3,(H,35,37,38)/t22-;20-;19-/m000/s1. The number of piperazine rings is 3. The number of carbonyl (C=O) groups is 3. The fourth-order valence-corrected chi connectivity index (χ4v) is 17.9. The van der Waals surface area contributed by atoms with Gasteiger partial charge in [0, 0.05) is 121 Å². The van der Waals surface area contributed by atoms with Gasteiger partial charge in [0.05, 0.1) is 99.5 Å². The highest BCUT2D eigenvalue weighted by Crippen LogP contribution is 2.44. The van der Waals surface area contributed by atoms with Gasteiger partial charge < -0.3 is 49.3 Å². The molecule has 0 saturated carbocycles. The van der Waals surface area contributed by atoms with Gasteiger partial charge in [-0.3, -0.25) is 14.4 Å². The van der Waals surface area contributed by atoms with Gasteiger partial charge in [0.2, 0.25) is 29.6 Å². The van der Waals surface area contributed by atoms with E-state index in [0.717, 1.165) is 0 Å². The Balaban J connectivity index is 0.000000174. The number of carbonyl (C=O) groups excluding carboxylic acids is 3. The first-order chi connectivity index (χ1) is 65.1. The molecule has 9 aromatic heterocycles. The molecule has 15 rings (SSSR count). The summed E-state index contributed by atoms with van der Waals surface area (Å²) in [6, 6.07) is 23.4. The second-order valence-corrected chi connectivity index (χ2v) is 37.6. The third-order valence-electron chi connectivity index (χ3n) is 24.1. The topological polar surface area (TPSA) is 319 Å². The molecule has 37 heteroatoms. The van der Waals surface area contributed by atoms with Gasteiger partial charge in [-0.1, -0.05) is 174 Å². The highest BCUT2D eigenvalue weighted by molar-refractivity contribution is 6.35. The molecule has 720 valence electrons. The van der Waals surface area contributed by atoms with Crippen molar-refractivity contribution >= 4 is 115 Å². The number of benzene rings is 3. The number of hydrogen-bond donors (Lipinski definition) is 1. The molecule has 3 aliphatic heterocycles. The highest BCUT2D eigenvalue weighted by atomic mass is 35.5. The van der Waals surface area contributed by atoms with Crippen LogP contribution in [0.3, 0.4) is 0 Å². The SMILES string of the molecule is C=CC(=O)N1CCN(c2nc(=O)n(-c3c(C(C)C)nc(N(C)C)nc3C(C)C)c3nc(-c4ccccc4F)c(Cl)cc23)[C@@H](C)C1.C=CC(=O)N1CCN(c2nc(=O)n(-c3c(C(C)C)nc(NC)nc3C(C)C)c3nc(-c4ccccc4F)c(Cl)cc23)[C@@H](C)C1.C=CC(=O)N1CCN(c2nc(=O)n(-c3c(C(C)C)nc(OCCN(C)C)nc3C(C)C)c3nc(-c4ccccc4F)c(Cl)cc23)[C@@H](C)C1. The van der Waals surface area contributed by atoms with Crippen molar-refractivity contribution in [3.05, 3.63) is 227 Å². The lowest BCUT2D eigenvalue weighted by molar-refractivity contribution is -0.127. The maximum atomic E-state index is 15.2. The van der Waals surface area contributed by atoms with Crippen LogP contribution in [0.1, 0.15) is 174 Å². The lowest BCUT2D eigenvalue weighted by atomic mass is 10.0. The van der Waals surface area contributed by atoms with Crippen LogP contribution in [0.15, 0.2) is 143 Å². The van der Waals surface area contributed by atoms with Crippen molar-refractivity contribution < 1.29 is 32.3 Å². The predicted molar refractivity (Wildman–Crippen MR) is 537 cm³/mol. The van der Waals surface area contributed by atoms with Gasteiger partial charge >= 0.3 is 23.1 Å². The lowest BCUT2D eigenvalue weighted by Crippen LogP contribution is -2.54.